The first-order valence-electron chi connectivity index (χ1n) is 8.38. The van der Waals surface area contributed by atoms with Crippen LogP contribution in [0.3, 0.4) is 0 Å². The maximum Gasteiger partial charge on any atom is 0.206 e. The van der Waals surface area contributed by atoms with Crippen LogP contribution in [0.5, 0.6) is 0 Å². The van der Waals surface area contributed by atoms with Crippen molar-refractivity contribution in [3.05, 3.63) is 59.7 Å². The van der Waals surface area contributed by atoms with Crippen LogP contribution in [0.2, 0.25) is 0 Å². The Hall–Kier alpha value is -2.00. The third-order valence-electron chi connectivity index (χ3n) is 4.53. The lowest BCUT2D eigenvalue weighted by molar-refractivity contribution is 0.506. The summed E-state index contributed by atoms with van der Waals surface area (Å²) in [6.07, 6.45) is 0.937. The predicted molar refractivity (Wildman–Crippen MR) is 104 cm³/mol. The van der Waals surface area contributed by atoms with Gasteiger partial charge in [-0.05, 0) is 43.5 Å². The van der Waals surface area contributed by atoms with Gasteiger partial charge in [-0.3, -0.25) is 0 Å². The standard InChI is InChI=1S/C20H24ClN3/c1-15-8-7-9-16(2)19(15)22-20-23(3)14-18(12-13-21)24(20)17-10-5-4-6-11-17/h4-11,18H,12-14H2,1-3H3. The minimum atomic E-state index is 0.345. The highest BCUT2D eigenvalue weighted by Crippen LogP contribution is 2.30. The molecule has 1 atom stereocenters. The number of para-hydroxylation sites is 2. The molecule has 0 spiro atoms. The fraction of sp³-hybridized carbons (Fsp3) is 0.350. The van der Waals surface area contributed by atoms with E-state index in [0.29, 0.717) is 11.9 Å². The number of likely N-dealkylation sites (N-methyl/N-ethyl adjacent to an activating group) is 1. The van der Waals surface area contributed by atoms with Crippen LogP contribution in [-0.4, -0.2) is 36.4 Å². The molecule has 1 unspecified atom stereocenters. The first kappa shape index (κ1) is 16.8. The zero-order chi connectivity index (χ0) is 17.1. The van der Waals surface area contributed by atoms with Crippen LogP contribution >= 0.6 is 11.6 Å². The Morgan fingerprint density at radius 2 is 1.71 bits per heavy atom. The van der Waals surface area contributed by atoms with Crippen molar-refractivity contribution in [3.8, 4) is 0 Å². The third kappa shape index (κ3) is 3.27. The molecule has 0 saturated carbocycles. The lowest BCUT2D eigenvalue weighted by atomic mass is 10.1. The second-order valence-electron chi connectivity index (χ2n) is 6.37. The molecule has 1 fully saturated rings. The van der Waals surface area contributed by atoms with Gasteiger partial charge in [0.25, 0.3) is 0 Å². The molecule has 0 N–H and O–H groups in total. The van der Waals surface area contributed by atoms with E-state index in [1.807, 2.05) is 6.07 Å². The number of hydrogen-bond donors (Lipinski definition) is 0. The lowest BCUT2D eigenvalue weighted by Crippen LogP contribution is -2.35. The number of nitrogens with zero attached hydrogens (tertiary/aromatic N) is 3. The van der Waals surface area contributed by atoms with E-state index in [2.05, 4.69) is 73.2 Å². The normalized spacial score (nSPS) is 19.3. The van der Waals surface area contributed by atoms with Gasteiger partial charge >= 0.3 is 0 Å². The molecule has 0 bridgehead atoms. The number of alkyl halides is 1. The van der Waals surface area contributed by atoms with Crippen molar-refractivity contribution in [2.45, 2.75) is 26.3 Å². The SMILES string of the molecule is Cc1cccc(C)c1N=C1N(C)CC(CCCl)N1c1ccccc1. The van der Waals surface area contributed by atoms with Crippen molar-refractivity contribution >= 4 is 28.9 Å². The predicted octanol–water partition coefficient (Wildman–Crippen LogP) is 4.74. The summed E-state index contributed by atoms with van der Waals surface area (Å²) >= 11 is 6.06. The Balaban J connectivity index is 2.08. The molecule has 126 valence electrons. The number of hydrogen-bond acceptors (Lipinski definition) is 1. The monoisotopic (exact) mass is 341 g/mol. The molecule has 24 heavy (non-hydrogen) atoms. The molecule has 2 aromatic carbocycles. The Morgan fingerprint density at radius 3 is 2.33 bits per heavy atom. The molecule has 3 nitrogen and oxygen atoms in total. The molecule has 2 aromatic rings. The summed E-state index contributed by atoms with van der Waals surface area (Å²) in [7, 11) is 2.11. The highest BCUT2D eigenvalue weighted by Gasteiger charge is 2.34. The zero-order valence-corrected chi connectivity index (χ0v) is 15.3. The van der Waals surface area contributed by atoms with Crippen LogP contribution in [0.15, 0.2) is 53.5 Å². The van der Waals surface area contributed by atoms with Crippen LogP contribution in [-0.2, 0) is 0 Å². The summed E-state index contributed by atoms with van der Waals surface area (Å²) in [5.74, 6) is 1.65. The van der Waals surface area contributed by atoms with E-state index in [9.17, 15) is 0 Å². The Labute approximate surface area is 149 Å². The quantitative estimate of drug-likeness (QED) is 0.748. The fourth-order valence-electron chi connectivity index (χ4n) is 3.31. The van der Waals surface area contributed by atoms with Gasteiger partial charge in [-0.1, -0.05) is 36.4 Å². The van der Waals surface area contributed by atoms with Crippen LogP contribution < -0.4 is 4.90 Å². The maximum absolute atomic E-state index is 6.06. The van der Waals surface area contributed by atoms with Crippen LogP contribution in [0, 0.1) is 13.8 Å². The van der Waals surface area contributed by atoms with E-state index in [4.69, 9.17) is 16.6 Å². The average molecular weight is 342 g/mol. The molecule has 0 aromatic heterocycles. The van der Waals surface area contributed by atoms with Gasteiger partial charge in [0.2, 0.25) is 5.96 Å². The molecule has 3 rings (SSSR count). The van der Waals surface area contributed by atoms with Crippen molar-refractivity contribution in [2.75, 3.05) is 24.4 Å². The number of benzene rings is 2. The van der Waals surface area contributed by atoms with Gasteiger partial charge in [-0.15, -0.1) is 11.6 Å². The van der Waals surface area contributed by atoms with Gasteiger partial charge in [-0.2, -0.15) is 0 Å². The number of aliphatic imine (C=N–C) groups is 1. The minimum Gasteiger partial charge on any atom is -0.343 e. The summed E-state index contributed by atoms with van der Waals surface area (Å²) < 4.78 is 0. The molecule has 0 radical (unpaired) electrons. The summed E-state index contributed by atoms with van der Waals surface area (Å²) in [5, 5.41) is 0. The Morgan fingerprint density at radius 1 is 1.04 bits per heavy atom. The molecule has 0 aliphatic carbocycles. The topological polar surface area (TPSA) is 18.8 Å². The number of halogens is 1. The smallest absolute Gasteiger partial charge is 0.206 e. The summed E-state index contributed by atoms with van der Waals surface area (Å²) in [5.41, 5.74) is 4.63. The van der Waals surface area contributed by atoms with Crippen molar-refractivity contribution < 1.29 is 0 Å². The van der Waals surface area contributed by atoms with Gasteiger partial charge < -0.3 is 9.80 Å². The summed E-state index contributed by atoms with van der Waals surface area (Å²) in [4.78, 5) is 9.61. The van der Waals surface area contributed by atoms with Crippen LogP contribution in [0.4, 0.5) is 11.4 Å². The van der Waals surface area contributed by atoms with E-state index in [-0.39, 0.29) is 0 Å². The average Bonchev–Trinajstić information content (AvgIpc) is 2.88. The molecule has 1 aliphatic heterocycles. The van der Waals surface area contributed by atoms with E-state index >= 15 is 0 Å². The number of aryl methyl sites for hydroxylation is 2. The van der Waals surface area contributed by atoms with E-state index in [0.717, 1.165) is 24.6 Å². The van der Waals surface area contributed by atoms with Gasteiger partial charge in [-0.25, -0.2) is 4.99 Å². The Kier molecular flexibility index (Phi) is 5.10. The Bertz CT molecular complexity index is 707. The van der Waals surface area contributed by atoms with Gasteiger partial charge in [0.05, 0.1) is 11.7 Å². The van der Waals surface area contributed by atoms with Crippen molar-refractivity contribution in [1.29, 1.82) is 0 Å². The molecular weight excluding hydrogens is 318 g/mol. The minimum absolute atomic E-state index is 0.345. The fourth-order valence-corrected chi connectivity index (χ4v) is 3.56. The van der Waals surface area contributed by atoms with E-state index < -0.39 is 0 Å². The second-order valence-corrected chi connectivity index (χ2v) is 6.75. The highest BCUT2D eigenvalue weighted by molar-refractivity contribution is 6.18. The van der Waals surface area contributed by atoms with Crippen molar-refractivity contribution in [2.24, 2.45) is 4.99 Å². The molecule has 1 aliphatic rings. The molecule has 1 heterocycles. The summed E-state index contributed by atoms with van der Waals surface area (Å²) in [6.45, 7) is 5.17. The number of rotatable bonds is 4. The summed E-state index contributed by atoms with van der Waals surface area (Å²) in [6, 6.07) is 17.1. The van der Waals surface area contributed by atoms with Crippen molar-refractivity contribution in [3.63, 3.8) is 0 Å². The maximum atomic E-state index is 6.06. The van der Waals surface area contributed by atoms with Gasteiger partial charge in [0.15, 0.2) is 0 Å². The molecular formula is C20H24ClN3. The first-order valence-corrected chi connectivity index (χ1v) is 8.91. The van der Waals surface area contributed by atoms with E-state index in [1.54, 1.807) is 0 Å². The van der Waals surface area contributed by atoms with Crippen LogP contribution in [0.25, 0.3) is 0 Å². The second kappa shape index (κ2) is 7.27. The number of guanidine groups is 1. The molecule has 1 saturated heterocycles. The highest BCUT2D eigenvalue weighted by atomic mass is 35.5. The van der Waals surface area contributed by atoms with Gasteiger partial charge in [0, 0.05) is 25.2 Å². The first-order chi connectivity index (χ1) is 11.6. The molecule has 0 amide bonds. The third-order valence-corrected chi connectivity index (χ3v) is 4.75. The van der Waals surface area contributed by atoms with E-state index in [1.165, 1.54) is 16.8 Å². The van der Waals surface area contributed by atoms with Crippen molar-refractivity contribution in [1.82, 2.24) is 4.90 Å². The lowest BCUT2D eigenvalue weighted by Gasteiger charge is -2.26. The van der Waals surface area contributed by atoms with Gasteiger partial charge in [0.1, 0.15) is 0 Å². The largest absolute Gasteiger partial charge is 0.343 e. The van der Waals surface area contributed by atoms with Crippen LogP contribution in [0.1, 0.15) is 17.5 Å². The molecule has 4 heteroatoms. The zero-order valence-electron chi connectivity index (χ0n) is 14.5. The number of anilines is 1.